The normalized spacial score (nSPS) is 10.0. The van der Waals surface area contributed by atoms with Crippen molar-refractivity contribution < 1.29 is 9.59 Å². The lowest BCUT2D eigenvalue weighted by Crippen LogP contribution is -2.21. The Morgan fingerprint density at radius 2 is 2.05 bits per heavy atom. The van der Waals surface area contributed by atoms with Crippen LogP contribution < -0.4 is 10.6 Å². The molecule has 19 heavy (non-hydrogen) atoms. The topological polar surface area (TPSA) is 88.9 Å². The number of ketones is 1. The van der Waals surface area contributed by atoms with Crippen LogP contribution in [-0.4, -0.2) is 26.6 Å². The number of carbonyl (C=O) groups excluding carboxylic acids is 2. The third-order valence-corrected chi connectivity index (χ3v) is 2.46. The molecule has 1 heterocycles. The number of nitrogens with zero attached hydrogens (tertiary/aromatic N) is 3. The first-order valence-electron chi connectivity index (χ1n) is 5.59. The van der Waals surface area contributed by atoms with Gasteiger partial charge >= 0.3 is 6.03 Å². The molecule has 0 aliphatic carbocycles. The van der Waals surface area contributed by atoms with Gasteiger partial charge in [0.2, 0.25) is 5.95 Å². The van der Waals surface area contributed by atoms with E-state index < -0.39 is 6.03 Å². The molecule has 7 nitrogen and oxygen atoms in total. The van der Waals surface area contributed by atoms with E-state index in [9.17, 15) is 9.59 Å². The number of hydrogen-bond acceptors (Lipinski definition) is 4. The van der Waals surface area contributed by atoms with Gasteiger partial charge in [0, 0.05) is 18.3 Å². The number of Topliss-reactive ketones (excluding diaryl/α,β-unsaturated/α-hetero) is 1. The summed E-state index contributed by atoms with van der Waals surface area (Å²) >= 11 is 0. The van der Waals surface area contributed by atoms with Gasteiger partial charge in [0.25, 0.3) is 0 Å². The maximum absolute atomic E-state index is 11.7. The van der Waals surface area contributed by atoms with Gasteiger partial charge in [-0.25, -0.2) is 9.48 Å². The Labute approximate surface area is 109 Å². The molecule has 1 aromatic heterocycles. The predicted octanol–water partition coefficient (Wildman–Crippen LogP) is 1.66. The number of hydrogen-bond donors (Lipinski definition) is 2. The van der Waals surface area contributed by atoms with Crippen LogP contribution in [0.5, 0.6) is 0 Å². The zero-order valence-corrected chi connectivity index (χ0v) is 10.5. The molecule has 0 saturated heterocycles. The maximum Gasteiger partial charge on any atom is 0.326 e. The average Bonchev–Trinajstić information content (AvgIpc) is 2.75. The maximum atomic E-state index is 11.7. The van der Waals surface area contributed by atoms with Gasteiger partial charge in [-0.1, -0.05) is 12.1 Å². The van der Waals surface area contributed by atoms with Gasteiger partial charge in [-0.3, -0.25) is 10.1 Å². The second-order valence-corrected chi connectivity index (χ2v) is 3.92. The molecule has 2 N–H and O–H groups in total. The highest BCUT2D eigenvalue weighted by molar-refractivity contribution is 6.00. The molecule has 0 fully saturated rings. The largest absolute Gasteiger partial charge is 0.326 e. The van der Waals surface area contributed by atoms with E-state index in [1.54, 1.807) is 31.3 Å². The molecule has 0 radical (unpaired) electrons. The van der Waals surface area contributed by atoms with E-state index in [0.29, 0.717) is 17.2 Å². The van der Waals surface area contributed by atoms with E-state index in [1.165, 1.54) is 17.9 Å². The van der Waals surface area contributed by atoms with Crippen LogP contribution in [0.1, 0.15) is 17.3 Å². The number of rotatable bonds is 3. The van der Waals surface area contributed by atoms with Gasteiger partial charge in [-0.05, 0) is 19.1 Å². The zero-order valence-electron chi connectivity index (χ0n) is 10.5. The zero-order chi connectivity index (χ0) is 13.8. The number of carbonyl (C=O) groups is 2. The molecule has 0 aliphatic rings. The summed E-state index contributed by atoms with van der Waals surface area (Å²) in [6.45, 7) is 1.47. The molecule has 2 amide bonds. The van der Waals surface area contributed by atoms with Gasteiger partial charge < -0.3 is 5.32 Å². The molecule has 0 aliphatic heterocycles. The molecule has 0 spiro atoms. The molecule has 7 heteroatoms. The van der Waals surface area contributed by atoms with E-state index >= 15 is 0 Å². The van der Waals surface area contributed by atoms with Gasteiger partial charge in [0.05, 0.1) is 0 Å². The number of aryl methyl sites for hydroxylation is 1. The van der Waals surface area contributed by atoms with Crippen molar-refractivity contribution in [2.24, 2.45) is 7.05 Å². The Balaban J connectivity index is 2.05. The number of amides is 2. The van der Waals surface area contributed by atoms with Gasteiger partial charge in [-0.2, -0.15) is 10.1 Å². The molecule has 0 bridgehead atoms. The quantitative estimate of drug-likeness (QED) is 0.820. The second kappa shape index (κ2) is 5.30. The third-order valence-electron chi connectivity index (χ3n) is 2.46. The van der Waals surface area contributed by atoms with E-state index in [-0.39, 0.29) is 5.78 Å². The Kier molecular flexibility index (Phi) is 3.56. The molecule has 2 rings (SSSR count). The summed E-state index contributed by atoms with van der Waals surface area (Å²) in [4.78, 5) is 26.8. The van der Waals surface area contributed by atoms with Crippen LogP contribution in [0.25, 0.3) is 0 Å². The fourth-order valence-corrected chi connectivity index (χ4v) is 1.49. The van der Waals surface area contributed by atoms with Crippen molar-refractivity contribution in [1.29, 1.82) is 0 Å². The van der Waals surface area contributed by atoms with Crippen molar-refractivity contribution in [2.75, 3.05) is 10.6 Å². The molecule has 0 atom stereocenters. The van der Waals surface area contributed by atoms with E-state index in [2.05, 4.69) is 20.7 Å². The van der Waals surface area contributed by atoms with E-state index in [1.807, 2.05) is 0 Å². The van der Waals surface area contributed by atoms with E-state index in [0.717, 1.165) is 0 Å². The van der Waals surface area contributed by atoms with Gasteiger partial charge in [0.1, 0.15) is 6.33 Å². The van der Waals surface area contributed by atoms with Crippen molar-refractivity contribution in [1.82, 2.24) is 14.8 Å². The van der Waals surface area contributed by atoms with Crippen molar-refractivity contribution in [2.45, 2.75) is 6.92 Å². The van der Waals surface area contributed by atoms with Crippen LogP contribution in [0.4, 0.5) is 16.4 Å². The highest BCUT2D eigenvalue weighted by Crippen LogP contribution is 2.11. The summed E-state index contributed by atoms with van der Waals surface area (Å²) in [6.07, 6.45) is 1.34. The number of benzene rings is 1. The summed E-state index contributed by atoms with van der Waals surface area (Å²) in [6, 6.07) is 6.25. The van der Waals surface area contributed by atoms with Crippen LogP contribution >= 0.6 is 0 Å². The van der Waals surface area contributed by atoms with Crippen LogP contribution in [0.3, 0.4) is 0 Å². The lowest BCUT2D eigenvalue weighted by atomic mass is 10.1. The smallest absolute Gasteiger partial charge is 0.308 e. The number of nitrogens with one attached hydrogen (secondary N) is 2. The minimum atomic E-state index is -0.447. The minimum absolute atomic E-state index is 0.0580. The summed E-state index contributed by atoms with van der Waals surface area (Å²) in [5, 5.41) is 8.99. The average molecular weight is 259 g/mol. The van der Waals surface area contributed by atoms with Crippen molar-refractivity contribution >= 4 is 23.5 Å². The predicted molar refractivity (Wildman–Crippen MR) is 70.1 cm³/mol. The lowest BCUT2D eigenvalue weighted by Gasteiger charge is -2.07. The van der Waals surface area contributed by atoms with Crippen molar-refractivity contribution in [3.63, 3.8) is 0 Å². The third kappa shape index (κ3) is 3.15. The summed E-state index contributed by atoms with van der Waals surface area (Å²) < 4.78 is 1.44. The Morgan fingerprint density at radius 1 is 1.26 bits per heavy atom. The Morgan fingerprint density at radius 3 is 2.68 bits per heavy atom. The molecule has 1 aromatic carbocycles. The van der Waals surface area contributed by atoms with Gasteiger partial charge in [-0.15, -0.1) is 0 Å². The van der Waals surface area contributed by atoms with Crippen LogP contribution in [0.2, 0.25) is 0 Å². The van der Waals surface area contributed by atoms with Crippen LogP contribution in [0.15, 0.2) is 30.6 Å². The second-order valence-electron chi connectivity index (χ2n) is 3.92. The first kappa shape index (κ1) is 12.7. The summed E-state index contributed by atoms with van der Waals surface area (Å²) in [7, 11) is 1.67. The minimum Gasteiger partial charge on any atom is -0.308 e. The number of aromatic nitrogens is 3. The standard InChI is InChI=1S/C12H13N5O2/c1-8(18)9-4-3-5-10(6-9)15-12(19)16-11-13-7-14-17(11)2/h3-7H,1-2H3,(H2,13,14,15,16,19). The fraction of sp³-hybridized carbons (Fsp3) is 0.167. The molecule has 0 unspecified atom stereocenters. The Bertz CT molecular complexity index is 620. The summed E-state index contributed by atoms with van der Waals surface area (Å²) in [5.74, 6) is 0.276. The molecular weight excluding hydrogens is 246 g/mol. The lowest BCUT2D eigenvalue weighted by molar-refractivity contribution is 0.101. The number of anilines is 2. The first-order chi connectivity index (χ1) is 9.06. The fourth-order valence-electron chi connectivity index (χ4n) is 1.49. The van der Waals surface area contributed by atoms with Crippen LogP contribution in [-0.2, 0) is 7.05 Å². The number of urea groups is 1. The highest BCUT2D eigenvalue weighted by atomic mass is 16.2. The monoisotopic (exact) mass is 259 g/mol. The van der Waals surface area contributed by atoms with Crippen molar-refractivity contribution in [3.8, 4) is 0 Å². The Hall–Kier alpha value is -2.70. The molecule has 0 saturated carbocycles. The summed E-state index contributed by atoms with van der Waals surface area (Å²) in [5.41, 5.74) is 1.07. The van der Waals surface area contributed by atoms with Crippen LogP contribution in [0, 0.1) is 0 Å². The van der Waals surface area contributed by atoms with Gasteiger partial charge in [0.15, 0.2) is 5.78 Å². The highest BCUT2D eigenvalue weighted by Gasteiger charge is 2.07. The first-order valence-corrected chi connectivity index (χ1v) is 5.59. The molecular formula is C12H13N5O2. The SMILES string of the molecule is CC(=O)c1cccc(NC(=O)Nc2ncnn2C)c1. The van der Waals surface area contributed by atoms with Crippen molar-refractivity contribution in [3.05, 3.63) is 36.2 Å². The van der Waals surface area contributed by atoms with E-state index in [4.69, 9.17) is 0 Å². The molecule has 2 aromatic rings. The molecule has 98 valence electrons.